The van der Waals surface area contributed by atoms with Crippen LogP contribution in [-0.2, 0) is 0 Å². The molecule has 0 radical (unpaired) electrons. The fourth-order valence-corrected chi connectivity index (χ4v) is 1.37. The number of rotatable bonds is 3. The Morgan fingerprint density at radius 1 is 1.58 bits per heavy atom. The molecule has 0 aliphatic heterocycles. The zero-order chi connectivity index (χ0) is 8.81. The predicted octanol–water partition coefficient (Wildman–Crippen LogP) is 2.60. The van der Waals surface area contributed by atoms with Crippen molar-refractivity contribution in [3.8, 4) is 0 Å². The molecule has 0 aromatic heterocycles. The molecule has 66 valence electrons. The maximum absolute atomic E-state index is 5.91. The van der Waals surface area contributed by atoms with Crippen molar-refractivity contribution in [2.24, 2.45) is 0 Å². The molecule has 0 aromatic rings. The Morgan fingerprint density at radius 2 is 2.42 bits per heavy atom. The third kappa shape index (κ3) is 3.24. The number of hydrogen-bond acceptors (Lipinski definition) is 1. The van der Waals surface area contributed by atoms with E-state index in [1.54, 1.807) is 0 Å². The van der Waals surface area contributed by atoms with E-state index >= 15 is 0 Å². The lowest BCUT2D eigenvalue weighted by Gasteiger charge is -2.02. The minimum absolute atomic E-state index is 0.829. The van der Waals surface area contributed by atoms with E-state index in [-0.39, 0.29) is 0 Å². The number of allylic oxidation sites excluding steroid dienone is 5. The van der Waals surface area contributed by atoms with Crippen molar-refractivity contribution in [1.29, 1.82) is 0 Å². The summed E-state index contributed by atoms with van der Waals surface area (Å²) in [6.07, 6.45) is 10.2. The lowest BCUT2D eigenvalue weighted by atomic mass is 10.1. The van der Waals surface area contributed by atoms with Crippen LogP contribution in [0.15, 0.2) is 34.9 Å². The molecule has 0 atom stereocenters. The second-order valence-corrected chi connectivity index (χ2v) is 3.28. The molecule has 0 saturated heterocycles. The molecule has 0 saturated carbocycles. The first-order valence-electron chi connectivity index (χ1n) is 4.19. The van der Waals surface area contributed by atoms with Crippen molar-refractivity contribution in [3.63, 3.8) is 0 Å². The standard InChI is InChI=1S/C10H14ClN/c1-12-7-6-9-4-2-3-5-10(11)8-9/h2-3,5,8,12H,4,6-7H2,1H3. The third-order valence-electron chi connectivity index (χ3n) is 1.81. The van der Waals surface area contributed by atoms with Crippen LogP contribution in [-0.4, -0.2) is 13.6 Å². The van der Waals surface area contributed by atoms with E-state index in [9.17, 15) is 0 Å². The van der Waals surface area contributed by atoms with Crippen molar-refractivity contribution < 1.29 is 0 Å². The van der Waals surface area contributed by atoms with Gasteiger partial charge in [0.15, 0.2) is 0 Å². The van der Waals surface area contributed by atoms with Crippen LogP contribution in [0.25, 0.3) is 0 Å². The summed E-state index contributed by atoms with van der Waals surface area (Å²) < 4.78 is 0. The first-order valence-corrected chi connectivity index (χ1v) is 4.57. The van der Waals surface area contributed by atoms with Crippen LogP contribution in [0.5, 0.6) is 0 Å². The van der Waals surface area contributed by atoms with Gasteiger partial charge in [0, 0.05) is 5.03 Å². The highest BCUT2D eigenvalue weighted by Gasteiger charge is 1.98. The Balaban J connectivity index is 2.53. The van der Waals surface area contributed by atoms with E-state index in [4.69, 9.17) is 11.6 Å². The highest BCUT2D eigenvalue weighted by molar-refractivity contribution is 6.31. The summed E-state index contributed by atoms with van der Waals surface area (Å²) in [6, 6.07) is 0. The molecule has 0 aromatic carbocycles. The summed E-state index contributed by atoms with van der Waals surface area (Å²) in [5.74, 6) is 0. The Hall–Kier alpha value is -0.530. The van der Waals surface area contributed by atoms with Gasteiger partial charge in [-0.15, -0.1) is 0 Å². The van der Waals surface area contributed by atoms with Gasteiger partial charge in [-0.05, 0) is 38.6 Å². The predicted molar refractivity (Wildman–Crippen MR) is 54.3 cm³/mol. The molecular formula is C10H14ClN. The van der Waals surface area contributed by atoms with Crippen LogP contribution in [0.2, 0.25) is 0 Å². The normalized spacial score (nSPS) is 16.8. The van der Waals surface area contributed by atoms with E-state index in [1.807, 2.05) is 19.2 Å². The van der Waals surface area contributed by atoms with Gasteiger partial charge in [-0.2, -0.15) is 0 Å². The topological polar surface area (TPSA) is 12.0 Å². The average molecular weight is 184 g/mol. The van der Waals surface area contributed by atoms with Crippen LogP contribution >= 0.6 is 11.6 Å². The van der Waals surface area contributed by atoms with E-state index in [2.05, 4.69) is 17.5 Å². The van der Waals surface area contributed by atoms with Crippen molar-refractivity contribution in [2.45, 2.75) is 12.8 Å². The summed E-state index contributed by atoms with van der Waals surface area (Å²) in [4.78, 5) is 0. The molecule has 0 amide bonds. The van der Waals surface area contributed by atoms with Gasteiger partial charge in [-0.3, -0.25) is 0 Å². The van der Waals surface area contributed by atoms with Crippen LogP contribution in [0, 0.1) is 0 Å². The first kappa shape index (κ1) is 9.56. The van der Waals surface area contributed by atoms with Gasteiger partial charge < -0.3 is 5.32 Å². The minimum Gasteiger partial charge on any atom is -0.319 e. The number of halogens is 1. The van der Waals surface area contributed by atoms with Crippen molar-refractivity contribution in [1.82, 2.24) is 5.32 Å². The molecule has 1 rings (SSSR count). The largest absolute Gasteiger partial charge is 0.319 e. The molecule has 0 spiro atoms. The molecule has 1 aliphatic carbocycles. The molecule has 0 unspecified atom stereocenters. The van der Waals surface area contributed by atoms with Gasteiger partial charge in [-0.25, -0.2) is 0 Å². The van der Waals surface area contributed by atoms with Crippen LogP contribution in [0.3, 0.4) is 0 Å². The zero-order valence-electron chi connectivity index (χ0n) is 7.31. The fraction of sp³-hybridized carbons (Fsp3) is 0.400. The molecule has 12 heavy (non-hydrogen) atoms. The van der Waals surface area contributed by atoms with Gasteiger partial charge in [0.05, 0.1) is 0 Å². The molecule has 0 fully saturated rings. The maximum atomic E-state index is 5.91. The summed E-state index contributed by atoms with van der Waals surface area (Å²) in [5, 5.41) is 3.95. The third-order valence-corrected chi connectivity index (χ3v) is 2.04. The molecule has 0 heterocycles. The van der Waals surface area contributed by atoms with E-state index in [0.29, 0.717) is 0 Å². The summed E-state index contributed by atoms with van der Waals surface area (Å²) in [5.41, 5.74) is 1.39. The van der Waals surface area contributed by atoms with Gasteiger partial charge in [0.1, 0.15) is 0 Å². The minimum atomic E-state index is 0.829. The van der Waals surface area contributed by atoms with Crippen LogP contribution in [0.4, 0.5) is 0 Å². The second kappa shape index (κ2) is 5.18. The van der Waals surface area contributed by atoms with Crippen LogP contribution in [0.1, 0.15) is 12.8 Å². The fourth-order valence-electron chi connectivity index (χ4n) is 1.14. The SMILES string of the molecule is CNCCC1=CC(Cl)=CC=CC1. The molecule has 2 heteroatoms. The molecule has 1 aliphatic rings. The number of hydrogen-bond donors (Lipinski definition) is 1. The quantitative estimate of drug-likeness (QED) is 0.710. The summed E-state index contributed by atoms with van der Waals surface area (Å²) in [6.45, 7) is 1.02. The Labute approximate surface area is 78.8 Å². The van der Waals surface area contributed by atoms with Crippen molar-refractivity contribution in [2.75, 3.05) is 13.6 Å². The van der Waals surface area contributed by atoms with E-state index < -0.39 is 0 Å². The zero-order valence-corrected chi connectivity index (χ0v) is 8.06. The summed E-state index contributed by atoms with van der Waals surface area (Å²) >= 11 is 5.91. The monoisotopic (exact) mass is 183 g/mol. The Bertz CT molecular complexity index is 226. The smallest absolute Gasteiger partial charge is 0.0405 e. The summed E-state index contributed by atoms with van der Waals surface area (Å²) in [7, 11) is 1.96. The highest BCUT2D eigenvalue weighted by atomic mass is 35.5. The van der Waals surface area contributed by atoms with Crippen molar-refractivity contribution >= 4 is 11.6 Å². The lowest BCUT2D eigenvalue weighted by Crippen LogP contribution is -2.08. The highest BCUT2D eigenvalue weighted by Crippen LogP contribution is 2.17. The van der Waals surface area contributed by atoms with E-state index in [1.165, 1.54) is 5.57 Å². The molecular weight excluding hydrogens is 170 g/mol. The Kier molecular flexibility index (Phi) is 4.12. The van der Waals surface area contributed by atoms with Gasteiger partial charge in [0.25, 0.3) is 0 Å². The Morgan fingerprint density at radius 3 is 3.17 bits per heavy atom. The van der Waals surface area contributed by atoms with E-state index in [0.717, 1.165) is 24.4 Å². The van der Waals surface area contributed by atoms with Gasteiger partial charge in [-0.1, -0.05) is 29.3 Å². The second-order valence-electron chi connectivity index (χ2n) is 2.84. The molecule has 1 N–H and O–H groups in total. The molecule has 1 nitrogen and oxygen atoms in total. The van der Waals surface area contributed by atoms with Crippen molar-refractivity contribution in [3.05, 3.63) is 34.9 Å². The first-order chi connectivity index (χ1) is 5.83. The van der Waals surface area contributed by atoms with Gasteiger partial charge in [0.2, 0.25) is 0 Å². The average Bonchev–Trinajstić information content (AvgIpc) is 2.26. The maximum Gasteiger partial charge on any atom is 0.0405 e. The van der Waals surface area contributed by atoms with Crippen LogP contribution < -0.4 is 5.32 Å². The number of nitrogens with one attached hydrogen (secondary N) is 1. The lowest BCUT2D eigenvalue weighted by molar-refractivity contribution is 0.776. The van der Waals surface area contributed by atoms with Gasteiger partial charge >= 0.3 is 0 Å². The molecule has 0 bridgehead atoms.